The first-order valence-electron chi connectivity index (χ1n) is 6.93. The summed E-state index contributed by atoms with van der Waals surface area (Å²) in [6.45, 7) is 0.251. The number of nitrogens with one attached hydrogen (secondary N) is 1. The summed E-state index contributed by atoms with van der Waals surface area (Å²) in [4.78, 5) is 11.9. The summed E-state index contributed by atoms with van der Waals surface area (Å²) in [5, 5.41) is 12.9. The molecule has 2 aromatic carbocycles. The molecule has 0 atom stereocenters. The highest BCUT2D eigenvalue weighted by molar-refractivity contribution is 5.85. The molecular formula is C16H12N4O2. The lowest BCUT2D eigenvalue weighted by Crippen LogP contribution is -2.14. The van der Waals surface area contributed by atoms with Gasteiger partial charge in [-0.15, -0.1) is 10.2 Å². The van der Waals surface area contributed by atoms with Gasteiger partial charge in [0.2, 0.25) is 0 Å². The lowest BCUT2D eigenvalue weighted by molar-refractivity contribution is 0.0479. The molecule has 108 valence electrons. The summed E-state index contributed by atoms with van der Waals surface area (Å²) < 4.78 is 5.36. The largest absolute Gasteiger partial charge is 0.459 e. The van der Waals surface area contributed by atoms with E-state index in [1.807, 2.05) is 24.3 Å². The van der Waals surface area contributed by atoms with E-state index in [-0.39, 0.29) is 18.3 Å². The Labute approximate surface area is 126 Å². The monoisotopic (exact) mass is 292 g/mol. The fraction of sp³-hybridized carbons (Fsp3) is 0.125. The molecule has 0 radical (unpaired) electrons. The third-order valence-corrected chi connectivity index (χ3v) is 3.87. The maximum Gasteiger partial charge on any atom is 0.380 e. The third kappa shape index (κ3) is 1.96. The fourth-order valence-electron chi connectivity index (χ4n) is 2.91. The number of fused-ring (bicyclic) bond motifs is 3. The molecule has 0 spiro atoms. The van der Waals surface area contributed by atoms with E-state index in [9.17, 15) is 4.79 Å². The van der Waals surface area contributed by atoms with Crippen molar-refractivity contribution in [2.75, 3.05) is 6.61 Å². The summed E-state index contributed by atoms with van der Waals surface area (Å²) in [5.41, 5.74) is 4.73. The number of hydrogen-bond acceptors (Lipinski definition) is 5. The first kappa shape index (κ1) is 12.7. The highest BCUT2D eigenvalue weighted by atomic mass is 16.5. The first-order chi connectivity index (χ1) is 10.8. The number of nitrogens with zero attached hydrogens (tertiary/aromatic N) is 3. The Kier molecular flexibility index (Phi) is 2.93. The molecule has 0 saturated heterocycles. The molecule has 1 aliphatic carbocycles. The zero-order valence-electron chi connectivity index (χ0n) is 11.6. The lowest BCUT2D eigenvalue weighted by atomic mass is 9.98. The van der Waals surface area contributed by atoms with Crippen LogP contribution < -0.4 is 0 Å². The van der Waals surface area contributed by atoms with E-state index >= 15 is 0 Å². The number of carbonyl (C=O) groups is 1. The minimum absolute atomic E-state index is 0.0308. The number of aromatic nitrogens is 4. The van der Waals surface area contributed by atoms with Crippen LogP contribution in [0.4, 0.5) is 0 Å². The quantitative estimate of drug-likeness (QED) is 0.748. The number of hydrogen-bond donors (Lipinski definition) is 1. The molecule has 0 aliphatic heterocycles. The number of H-pyrrole nitrogens is 1. The predicted octanol–water partition coefficient (Wildman–Crippen LogP) is 2.17. The molecule has 0 unspecified atom stereocenters. The summed E-state index contributed by atoms with van der Waals surface area (Å²) in [7, 11) is 0. The summed E-state index contributed by atoms with van der Waals surface area (Å²) in [5.74, 6) is -0.599. The zero-order chi connectivity index (χ0) is 14.9. The molecule has 1 N–H and O–H groups in total. The van der Waals surface area contributed by atoms with Crippen LogP contribution in [0.3, 0.4) is 0 Å². The van der Waals surface area contributed by atoms with E-state index < -0.39 is 5.97 Å². The van der Waals surface area contributed by atoms with E-state index in [0.717, 1.165) is 0 Å². The number of tetrazole rings is 1. The highest BCUT2D eigenvalue weighted by Crippen LogP contribution is 2.44. The van der Waals surface area contributed by atoms with E-state index in [0.29, 0.717) is 0 Å². The molecule has 1 aromatic heterocycles. The van der Waals surface area contributed by atoms with Crippen LogP contribution in [0.15, 0.2) is 48.5 Å². The van der Waals surface area contributed by atoms with Crippen molar-refractivity contribution < 1.29 is 9.53 Å². The van der Waals surface area contributed by atoms with Crippen molar-refractivity contribution in [2.45, 2.75) is 5.92 Å². The Hall–Kier alpha value is -3.02. The van der Waals surface area contributed by atoms with E-state index in [1.54, 1.807) is 0 Å². The van der Waals surface area contributed by atoms with Gasteiger partial charge in [-0.3, -0.25) is 0 Å². The maximum atomic E-state index is 11.9. The summed E-state index contributed by atoms with van der Waals surface area (Å²) >= 11 is 0. The SMILES string of the molecule is O=C(OCC1c2ccccc2-c2ccccc21)c1nn[nH]n1. The second-order valence-electron chi connectivity index (χ2n) is 5.06. The first-order valence-corrected chi connectivity index (χ1v) is 6.93. The molecule has 3 aromatic rings. The van der Waals surface area contributed by atoms with Crippen LogP contribution in [0.2, 0.25) is 0 Å². The number of ether oxygens (including phenoxy) is 1. The number of carbonyl (C=O) groups excluding carboxylic acids is 1. The Morgan fingerprint density at radius 3 is 2.27 bits per heavy atom. The molecule has 6 heteroatoms. The van der Waals surface area contributed by atoms with Gasteiger partial charge in [0.05, 0.1) is 0 Å². The molecule has 4 rings (SSSR count). The Morgan fingerprint density at radius 2 is 1.68 bits per heavy atom. The molecule has 1 heterocycles. The van der Waals surface area contributed by atoms with Crippen LogP contribution in [-0.2, 0) is 4.74 Å². The lowest BCUT2D eigenvalue weighted by Gasteiger charge is -2.13. The van der Waals surface area contributed by atoms with Gasteiger partial charge in [-0.25, -0.2) is 4.79 Å². The molecule has 22 heavy (non-hydrogen) atoms. The topological polar surface area (TPSA) is 80.8 Å². The smallest absolute Gasteiger partial charge is 0.380 e. The molecule has 6 nitrogen and oxygen atoms in total. The van der Waals surface area contributed by atoms with Crippen LogP contribution in [0.5, 0.6) is 0 Å². The van der Waals surface area contributed by atoms with E-state index in [4.69, 9.17) is 4.74 Å². The Bertz CT molecular complexity index is 784. The minimum Gasteiger partial charge on any atom is -0.459 e. The van der Waals surface area contributed by atoms with Crippen LogP contribution in [-0.4, -0.2) is 33.2 Å². The van der Waals surface area contributed by atoms with Crippen molar-refractivity contribution >= 4 is 5.97 Å². The average molecular weight is 292 g/mol. The normalized spacial score (nSPS) is 12.7. The van der Waals surface area contributed by atoms with E-state index in [2.05, 4.69) is 44.9 Å². The van der Waals surface area contributed by atoms with Crippen LogP contribution in [0.25, 0.3) is 11.1 Å². The minimum atomic E-state index is -0.574. The van der Waals surface area contributed by atoms with Crippen molar-refractivity contribution in [2.24, 2.45) is 0 Å². The number of benzene rings is 2. The fourth-order valence-corrected chi connectivity index (χ4v) is 2.91. The average Bonchev–Trinajstić information content (AvgIpc) is 3.20. The van der Waals surface area contributed by atoms with Gasteiger partial charge in [0.25, 0.3) is 5.82 Å². The predicted molar refractivity (Wildman–Crippen MR) is 78.2 cm³/mol. The zero-order valence-corrected chi connectivity index (χ0v) is 11.6. The second-order valence-corrected chi connectivity index (χ2v) is 5.06. The van der Waals surface area contributed by atoms with Gasteiger partial charge in [-0.05, 0) is 27.5 Å². The van der Waals surface area contributed by atoms with Gasteiger partial charge in [-0.2, -0.15) is 5.21 Å². The van der Waals surface area contributed by atoms with Crippen molar-refractivity contribution in [1.29, 1.82) is 0 Å². The number of esters is 1. The van der Waals surface area contributed by atoms with Crippen molar-refractivity contribution in [3.05, 3.63) is 65.5 Å². The van der Waals surface area contributed by atoms with E-state index in [1.165, 1.54) is 22.3 Å². The van der Waals surface area contributed by atoms with Gasteiger partial charge in [0.1, 0.15) is 6.61 Å². The van der Waals surface area contributed by atoms with Gasteiger partial charge in [0.15, 0.2) is 0 Å². The highest BCUT2D eigenvalue weighted by Gasteiger charge is 2.29. The molecular weight excluding hydrogens is 280 g/mol. The standard InChI is InChI=1S/C16H12N4O2/c21-16(15-17-19-20-18-15)22-9-14-12-7-3-1-5-10(12)11-6-2-4-8-13(11)14/h1-8,14H,9H2,(H,17,18,19,20). The summed E-state index contributed by atoms with van der Waals surface area (Å²) in [6, 6.07) is 16.4. The van der Waals surface area contributed by atoms with Crippen molar-refractivity contribution in [1.82, 2.24) is 20.6 Å². The van der Waals surface area contributed by atoms with Crippen molar-refractivity contribution in [3.8, 4) is 11.1 Å². The molecule has 0 saturated carbocycles. The van der Waals surface area contributed by atoms with Crippen LogP contribution >= 0.6 is 0 Å². The Balaban J connectivity index is 1.63. The maximum absolute atomic E-state index is 11.9. The van der Waals surface area contributed by atoms with Gasteiger partial charge < -0.3 is 4.74 Å². The third-order valence-electron chi connectivity index (χ3n) is 3.87. The molecule has 0 fully saturated rings. The Morgan fingerprint density at radius 1 is 1.05 bits per heavy atom. The second kappa shape index (κ2) is 5.07. The van der Waals surface area contributed by atoms with Crippen molar-refractivity contribution in [3.63, 3.8) is 0 Å². The van der Waals surface area contributed by atoms with Gasteiger partial charge in [-0.1, -0.05) is 48.5 Å². The van der Waals surface area contributed by atoms with Crippen LogP contribution in [0, 0.1) is 0 Å². The molecule has 0 bridgehead atoms. The molecule has 1 aliphatic rings. The van der Waals surface area contributed by atoms with Gasteiger partial charge >= 0.3 is 5.97 Å². The van der Waals surface area contributed by atoms with Crippen LogP contribution in [0.1, 0.15) is 27.7 Å². The number of aromatic amines is 1. The summed E-state index contributed by atoms with van der Waals surface area (Å²) in [6.07, 6.45) is 0. The van der Waals surface area contributed by atoms with Gasteiger partial charge in [0, 0.05) is 5.92 Å². The number of rotatable bonds is 3. The molecule has 0 amide bonds.